The number of aromatic hydroxyl groups is 2. The molecule has 0 radical (unpaired) electrons. The van der Waals surface area contributed by atoms with E-state index in [9.17, 15) is 10.2 Å². The average molecular weight is 312 g/mol. The summed E-state index contributed by atoms with van der Waals surface area (Å²) in [6.07, 6.45) is 0. The normalized spacial score (nSPS) is 10.8. The lowest BCUT2D eigenvalue weighted by Gasteiger charge is -2.14. The molecule has 0 unspecified atom stereocenters. The van der Waals surface area contributed by atoms with Gasteiger partial charge < -0.3 is 10.2 Å². The highest BCUT2D eigenvalue weighted by atomic mass is 16.3. The first-order valence-electron chi connectivity index (χ1n) is 7.83. The van der Waals surface area contributed by atoms with Crippen LogP contribution in [-0.2, 0) is 0 Å². The molecule has 0 aliphatic heterocycles. The Morgan fingerprint density at radius 3 is 1.21 bits per heavy atom. The lowest BCUT2D eigenvalue weighted by Crippen LogP contribution is -1.87. The number of fused-ring (bicyclic) bond motifs is 1. The standard InChI is InChI=1S/C22H16O2/c23-21-11-12-22(24)20-14-18(16-9-5-2-6-10-16)17(13-19(20)21)15-7-3-1-4-8-15/h1-14,23-24H. The van der Waals surface area contributed by atoms with Gasteiger partial charge in [0, 0.05) is 10.8 Å². The monoisotopic (exact) mass is 312 g/mol. The second-order valence-corrected chi connectivity index (χ2v) is 5.78. The molecule has 0 saturated carbocycles. The minimum atomic E-state index is 0.166. The number of hydrogen-bond donors (Lipinski definition) is 2. The smallest absolute Gasteiger partial charge is 0.123 e. The maximum Gasteiger partial charge on any atom is 0.123 e. The molecule has 0 aliphatic rings. The number of hydrogen-bond acceptors (Lipinski definition) is 2. The summed E-state index contributed by atoms with van der Waals surface area (Å²) in [6, 6.07) is 27.1. The molecule has 0 heterocycles. The Labute approximate surface area is 140 Å². The molecule has 2 heteroatoms. The van der Waals surface area contributed by atoms with Crippen molar-refractivity contribution in [2.45, 2.75) is 0 Å². The van der Waals surface area contributed by atoms with E-state index in [2.05, 4.69) is 0 Å². The van der Waals surface area contributed by atoms with Crippen molar-refractivity contribution in [3.8, 4) is 33.8 Å². The van der Waals surface area contributed by atoms with Crippen LogP contribution in [0.4, 0.5) is 0 Å². The van der Waals surface area contributed by atoms with Gasteiger partial charge in [-0.15, -0.1) is 0 Å². The highest BCUT2D eigenvalue weighted by Gasteiger charge is 2.13. The molecule has 0 aromatic heterocycles. The van der Waals surface area contributed by atoms with Crippen LogP contribution in [-0.4, -0.2) is 10.2 Å². The van der Waals surface area contributed by atoms with E-state index in [0.29, 0.717) is 10.8 Å². The molecule has 0 fully saturated rings. The Hall–Kier alpha value is -3.26. The molecule has 2 nitrogen and oxygen atoms in total. The summed E-state index contributed by atoms with van der Waals surface area (Å²) >= 11 is 0. The van der Waals surface area contributed by atoms with Crippen molar-refractivity contribution in [3.63, 3.8) is 0 Å². The first-order valence-corrected chi connectivity index (χ1v) is 7.83. The molecule has 4 rings (SSSR count). The van der Waals surface area contributed by atoms with E-state index in [4.69, 9.17) is 0 Å². The van der Waals surface area contributed by atoms with Gasteiger partial charge in [-0.25, -0.2) is 0 Å². The van der Waals surface area contributed by atoms with Gasteiger partial charge in [0.15, 0.2) is 0 Å². The maximum absolute atomic E-state index is 10.2. The van der Waals surface area contributed by atoms with Crippen LogP contribution in [0.25, 0.3) is 33.0 Å². The molecule has 0 atom stereocenters. The van der Waals surface area contributed by atoms with Gasteiger partial charge in [-0.05, 0) is 46.5 Å². The zero-order chi connectivity index (χ0) is 16.5. The van der Waals surface area contributed by atoms with Gasteiger partial charge in [0.25, 0.3) is 0 Å². The quantitative estimate of drug-likeness (QED) is 0.474. The zero-order valence-corrected chi connectivity index (χ0v) is 13.0. The summed E-state index contributed by atoms with van der Waals surface area (Å²) in [4.78, 5) is 0. The molecule has 24 heavy (non-hydrogen) atoms. The van der Waals surface area contributed by atoms with Gasteiger partial charge in [-0.1, -0.05) is 60.7 Å². The van der Waals surface area contributed by atoms with E-state index >= 15 is 0 Å². The molecule has 0 bridgehead atoms. The summed E-state index contributed by atoms with van der Waals surface area (Å²) in [6.45, 7) is 0. The third-order valence-electron chi connectivity index (χ3n) is 4.28. The third kappa shape index (κ3) is 2.38. The lowest BCUT2D eigenvalue weighted by atomic mass is 9.91. The zero-order valence-electron chi connectivity index (χ0n) is 13.0. The van der Waals surface area contributed by atoms with Crippen LogP contribution in [0.1, 0.15) is 0 Å². The Bertz CT molecular complexity index is 922. The van der Waals surface area contributed by atoms with Gasteiger partial charge in [-0.2, -0.15) is 0 Å². The van der Waals surface area contributed by atoms with Crippen molar-refractivity contribution in [1.82, 2.24) is 0 Å². The maximum atomic E-state index is 10.2. The van der Waals surface area contributed by atoms with Crippen LogP contribution in [0.3, 0.4) is 0 Å². The number of rotatable bonds is 2. The van der Waals surface area contributed by atoms with Gasteiger partial charge in [-0.3, -0.25) is 0 Å². The third-order valence-corrected chi connectivity index (χ3v) is 4.28. The van der Waals surface area contributed by atoms with E-state index < -0.39 is 0 Å². The topological polar surface area (TPSA) is 40.5 Å². The second-order valence-electron chi connectivity index (χ2n) is 5.78. The SMILES string of the molecule is Oc1ccc(O)c2cc(-c3ccccc3)c(-c3ccccc3)cc12. The largest absolute Gasteiger partial charge is 0.507 e. The van der Waals surface area contributed by atoms with E-state index in [0.717, 1.165) is 22.3 Å². The van der Waals surface area contributed by atoms with Crippen LogP contribution >= 0.6 is 0 Å². The van der Waals surface area contributed by atoms with E-state index in [1.54, 1.807) is 0 Å². The highest BCUT2D eigenvalue weighted by Crippen LogP contribution is 2.40. The Morgan fingerprint density at radius 1 is 0.458 bits per heavy atom. The summed E-state index contributed by atoms with van der Waals surface area (Å²) < 4.78 is 0. The van der Waals surface area contributed by atoms with Crippen molar-refractivity contribution in [2.24, 2.45) is 0 Å². The summed E-state index contributed by atoms with van der Waals surface area (Å²) in [5, 5.41) is 21.7. The predicted molar refractivity (Wildman–Crippen MR) is 98.1 cm³/mol. The van der Waals surface area contributed by atoms with Crippen LogP contribution in [0.2, 0.25) is 0 Å². The number of phenolic OH excluding ortho intramolecular Hbond substituents is 2. The first kappa shape index (κ1) is 14.3. The molecular weight excluding hydrogens is 296 g/mol. The van der Waals surface area contributed by atoms with Gasteiger partial charge >= 0.3 is 0 Å². The number of phenols is 2. The van der Waals surface area contributed by atoms with E-state index in [1.165, 1.54) is 12.1 Å². The Morgan fingerprint density at radius 2 is 0.833 bits per heavy atom. The van der Waals surface area contributed by atoms with Crippen LogP contribution in [0.5, 0.6) is 11.5 Å². The first-order chi connectivity index (χ1) is 11.7. The molecule has 0 spiro atoms. The van der Waals surface area contributed by atoms with Gasteiger partial charge in [0.05, 0.1) is 0 Å². The van der Waals surface area contributed by atoms with E-state index in [1.807, 2.05) is 72.8 Å². The average Bonchev–Trinajstić information content (AvgIpc) is 2.65. The Balaban J connectivity index is 2.10. The minimum Gasteiger partial charge on any atom is -0.507 e. The molecular formula is C22H16O2. The second kappa shape index (κ2) is 5.74. The summed E-state index contributed by atoms with van der Waals surface area (Å²) in [5.74, 6) is 0.333. The van der Waals surface area contributed by atoms with Crippen molar-refractivity contribution < 1.29 is 10.2 Å². The van der Waals surface area contributed by atoms with Crippen molar-refractivity contribution in [3.05, 3.63) is 84.9 Å². The van der Waals surface area contributed by atoms with Crippen LogP contribution in [0.15, 0.2) is 84.9 Å². The summed E-state index contributed by atoms with van der Waals surface area (Å²) in [7, 11) is 0. The summed E-state index contributed by atoms with van der Waals surface area (Å²) in [5.41, 5.74) is 4.19. The molecule has 0 amide bonds. The predicted octanol–water partition coefficient (Wildman–Crippen LogP) is 5.59. The molecule has 116 valence electrons. The molecule has 0 saturated heterocycles. The highest BCUT2D eigenvalue weighted by molar-refractivity contribution is 6.01. The lowest BCUT2D eigenvalue weighted by molar-refractivity contribution is 0.469. The van der Waals surface area contributed by atoms with Crippen molar-refractivity contribution in [2.75, 3.05) is 0 Å². The molecule has 0 aliphatic carbocycles. The minimum absolute atomic E-state index is 0.166. The molecule has 2 N–H and O–H groups in total. The van der Waals surface area contributed by atoms with Crippen LogP contribution < -0.4 is 0 Å². The fraction of sp³-hybridized carbons (Fsp3) is 0. The van der Waals surface area contributed by atoms with Crippen LogP contribution in [0, 0.1) is 0 Å². The molecule has 4 aromatic rings. The van der Waals surface area contributed by atoms with Gasteiger partial charge in [0.2, 0.25) is 0 Å². The fourth-order valence-electron chi connectivity index (χ4n) is 3.07. The number of benzene rings is 4. The fourth-order valence-corrected chi connectivity index (χ4v) is 3.07. The van der Waals surface area contributed by atoms with E-state index in [-0.39, 0.29) is 11.5 Å². The van der Waals surface area contributed by atoms with Crippen molar-refractivity contribution in [1.29, 1.82) is 0 Å². The van der Waals surface area contributed by atoms with Gasteiger partial charge in [0.1, 0.15) is 11.5 Å². The van der Waals surface area contributed by atoms with Crippen molar-refractivity contribution >= 4 is 10.8 Å². The molecule has 4 aromatic carbocycles. The Kier molecular flexibility index (Phi) is 3.43.